The zero-order valence-electron chi connectivity index (χ0n) is 17.7. The number of likely N-dealkylation sites (N-methyl/N-ethyl adjacent to an activating group) is 1. The maximum absolute atomic E-state index is 13.2. The van der Waals surface area contributed by atoms with Gasteiger partial charge >= 0.3 is 6.36 Å². The molecule has 33 heavy (non-hydrogen) atoms. The van der Waals surface area contributed by atoms with E-state index in [1.54, 1.807) is 25.2 Å². The first kappa shape index (κ1) is 23.2. The van der Waals surface area contributed by atoms with E-state index in [0.29, 0.717) is 34.8 Å². The highest BCUT2D eigenvalue weighted by Crippen LogP contribution is 2.36. The van der Waals surface area contributed by atoms with E-state index in [9.17, 15) is 22.8 Å². The molecule has 0 radical (unpaired) electrons. The summed E-state index contributed by atoms with van der Waals surface area (Å²) < 4.78 is 41.3. The van der Waals surface area contributed by atoms with Crippen LogP contribution in [-0.2, 0) is 16.1 Å². The first-order valence-electron chi connectivity index (χ1n) is 10.2. The van der Waals surface area contributed by atoms with E-state index < -0.39 is 17.9 Å². The number of fused-ring (bicyclic) bond motifs is 1. The number of carbonyl (C=O) groups excluding carboxylic acids is 2. The van der Waals surface area contributed by atoms with Crippen LogP contribution in [0.1, 0.15) is 18.4 Å². The summed E-state index contributed by atoms with van der Waals surface area (Å²) in [5.74, 6) is -1.04. The number of nitrogens with two attached hydrogens (primary N) is 1. The molecule has 0 bridgehead atoms. The number of ether oxygens (including phenoxy) is 1. The molecule has 176 valence electrons. The topological polar surface area (TPSA) is 87.9 Å². The van der Waals surface area contributed by atoms with Crippen molar-refractivity contribution in [1.82, 2.24) is 5.32 Å². The van der Waals surface area contributed by atoms with Crippen molar-refractivity contribution >= 4 is 34.8 Å². The van der Waals surface area contributed by atoms with Crippen LogP contribution < -0.4 is 25.6 Å². The predicted molar refractivity (Wildman–Crippen MR) is 117 cm³/mol. The lowest BCUT2D eigenvalue weighted by Crippen LogP contribution is -2.55. The molecule has 1 heterocycles. The second-order valence-electron chi connectivity index (χ2n) is 8.28. The lowest BCUT2D eigenvalue weighted by atomic mass is 10.1. The highest BCUT2D eigenvalue weighted by atomic mass is 35.5. The number of amides is 2. The molecule has 1 saturated carbocycles. The third-order valence-corrected chi connectivity index (χ3v) is 5.98. The molecule has 7 nitrogen and oxygen atoms in total. The van der Waals surface area contributed by atoms with E-state index >= 15 is 0 Å². The number of hydrogen-bond acceptors (Lipinski definition) is 5. The predicted octanol–water partition coefficient (Wildman–Crippen LogP) is 3.20. The maximum Gasteiger partial charge on any atom is 0.573 e. The molecule has 11 heteroatoms. The van der Waals surface area contributed by atoms with Crippen LogP contribution in [0.15, 0.2) is 42.5 Å². The van der Waals surface area contributed by atoms with Crippen LogP contribution in [0.2, 0.25) is 5.02 Å². The second kappa shape index (κ2) is 8.42. The van der Waals surface area contributed by atoms with Gasteiger partial charge in [-0.15, -0.1) is 13.2 Å². The lowest BCUT2D eigenvalue weighted by molar-refractivity contribution is -0.274. The van der Waals surface area contributed by atoms with Crippen LogP contribution in [0.3, 0.4) is 0 Å². The van der Waals surface area contributed by atoms with Crippen LogP contribution in [0.5, 0.6) is 5.75 Å². The minimum Gasteiger partial charge on any atom is -0.406 e. The van der Waals surface area contributed by atoms with E-state index in [1.165, 1.54) is 29.2 Å². The Kier molecular flexibility index (Phi) is 5.92. The van der Waals surface area contributed by atoms with Crippen LogP contribution in [-0.4, -0.2) is 43.3 Å². The summed E-state index contributed by atoms with van der Waals surface area (Å²) in [5.41, 5.74) is 6.97. The van der Waals surface area contributed by atoms with Gasteiger partial charge in [0, 0.05) is 25.2 Å². The molecule has 1 fully saturated rings. The summed E-state index contributed by atoms with van der Waals surface area (Å²) in [6.45, 7) is 0.405. The van der Waals surface area contributed by atoms with Gasteiger partial charge in [0.25, 0.3) is 5.91 Å². The quantitative estimate of drug-likeness (QED) is 0.683. The molecule has 2 aliphatic rings. The number of carbonyl (C=O) groups is 2. The van der Waals surface area contributed by atoms with Crippen molar-refractivity contribution in [1.29, 1.82) is 0 Å². The molecule has 1 aliphatic carbocycles. The van der Waals surface area contributed by atoms with Gasteiger partial charge in [-0.3, -0.25) is 9.59 Å². The minimum absolute atomic E-state index is 0.139. The molecule has 1 atom stereocenters. The number of halogens is 4. The Morgan fingerprint density at radius 3 is 2.48 bits per heavy atom. The molecule has 2 amide bonds. The number of alkyl halides is 3. The Morgan fingerprint density at radius 1 is 1.21 bits per heavy atom. The minimum atomic E-state index is -4.78. The summed E-state index contributed by atoms with van der Waals surface area (Å²) in [6.07, 6.45) is -3.66. The van der Waals surface area contributed by atoms with Crippen molar-refractivity contribution in [3.63, 3.8) is 0 Å². The molecule has 0 spiro atoms. The lowest BCUT2D eigenvalue weighted by Gasteiger charge is -2.27. The van der Waals surface area contributed by atoms with Crippen LogP contribution in [0.25, 0.3) is 0 Å². The smallest absolute Gasteiger partial charge is 0.406 e. The second-order valence-corrected chi connectivity index (χ2v) is 8.72. The molecule has 0 saturated heterocycles. The summed E-state index contributed by atoms with van der Waals surface area (Å²) in [6, 6.07) is 9.71. The Labute approximate surface area is 193 Å². The summed E-state index contributed by atoms with van der Waals surface area (Å²) in [5, 5.41) is 3.20. The van der Waals surface area contributed by atoms with Crippen molar-refractivity contribution < 1.29 is 27.5 Å². The van der Waals surface area contributed by atoms with Gasteiger partial charge in [-0.25, -0.2) is 0 Å². The summed E-state index contributed by atoms with van der Waals surface area (Å²) >= 11 is 6.16. The highest BCUT2D eigenvalue weighted by Gasteiger charge is 2.47. The van der Waals surface area contributed by atoms with Crippen LogP contribution in [0.4, 0.5) is 24.5 Å². The summed E-state index contributed by atoms with van der Waals surface area (Å²) in [4.78, 5) is 29.0. The monoisotopic (exact) mass is 482 g/mol. The van der Waals surface area contributed by atoms with Gasteiger partial charge in [0.2, 0.25) is 5.91 Å². The Balaban J connectivity index is 1.62. The molecular formula is C22H22ClF3N4O3. The third kappa shape index (κ3) is 5.17. The SMILES string of the molecule is CN1C(=O)[C@H](NC(=O)C2(N)CC2)CN(Cc2ccc(OC(F)(F)F)cc2)c2ccc(Cl)cc21. The first-order valence-corrected chi connectivity index (χ1v) is 10.6. The van der Waals surface area contributed by atoms with E-state index in [2.05, 4.69) is 10.1 Å². The van der Waals surface area contributed by atoms with Gasteiger partial charge in [-0.05, 0) is 48.7 Å². The average molecular weight is 483 g/mol. The van der Waals surface area contributed by atoms with Gasteiger partial charge in [0.1, 0.15) is 11.8 Å². The fourth-order valence-electron chi connectivity index (χ4n) is 3.72. The molecule has 3 N–H and O–H groups in total. The van der Waals surface area contributed by atoms with Gasteiger partial charge in [0.15, 0.2) is 0 Å². The van der Waals surface area contributed by atoms with E-state index in [0.717, 1.165) is 0 Å². The zero-order chi connectivity index (χ0) is 24.0. The number of benzene rings is 2. The standard InChI is InChI=1S/C22H22ClF3N4O3/c1-29-18-10-14(23)4-7-17(18)30(11-13-2-5-15(6-3-13)33-22(24,25)26)12-16(19(29)31)28-20(32)21(27)8-9-21/h2-7,10,16H,8-9,11-12,27H2,1H3,(H,28,32)/t16-/m1/s1. The van der Waals surface area contributed by atoms with E-state index in [4.69, 9.17) is 17.3 Å². The van der Waals surface area contributed by atoms with Crippen molar-refractivity contribution in [2.75, 3.05) is 23.4 Å². The molecule has 2 aromatic rings. The molecular weight excluding hydrogens is 461 g/mol. The fourth-order valence-corrected chi connectivity index (χ4v) is 3.89. The Hall–Kier alpha value is -2.98. The van der Waals surface area contributed by atoms with E-state index in [1.807, 2.05) is 4.90 Å². The Morgan fingerprint density at radius 2 is 1.88 bits per heavy atom. The molecule has 1 aliphatic heterocycles. The largest absolute Gasteiger partial charge is 0.573 e. The molecule has 0 aromatic heterocycles. The van der Waals surface area contributed by atoms with Crippen molar-refractivity contribution in [2.45, 2.75) is 37.3 Å². The molecule has 4 rings (SSSR count). The van der Waals surface area contributed by atoms with Crippen molar-refractivity contribution in [3.8, 4) is 5.75 Å². The Bertz CT molecular complexity index is 1070. The van der Waals surface area contributed by atoms with Crippen LogP contribution >= 0.6 is 11.6 Å². The summed E-state index contributed by atoms with van der Waals surface area (Å²) in [7, 11) is 1.60. The van der Waals surface area contributed by atoms with Crippen molar-refractivity contribution in [3.05, 3.63) is 53.1 Å². The van der Waals surface area contributed by atoms with Crippen LogP contribution in [0, 0.1) is 0 Å². The molecule has 2 aromatic carbocycles. The number of anilines is 2. The number of nitrogens with zero attached hydrogens (tertiary/aromatic N) is 2. The maximum atomic E-state index is 13.2. The fraction of sp³-hybridized carbons (Fsp3) is 0.364. The zero-order valence-corrected chi connectivity index (χ0v) is 18.4. The van der Waals surface area contributed by atoms with Gasteiger partial charge in [-0.2, -0.15) is 0 Å². The first-order chi connectivity index (χ1) is 15.4. The number of nitrogens with one attached hydrogen (secondary N) is 1. The van der Waals surface area contributed by atoms with Gasteiger partial charge in [-0.1, -0.05) is 23.7 Å². The van der Waals surface area contributed by atoms with Crippen molar-refractivity contribution in [2.24, 2.45) is 5.73 Å². The number of hydrogen-bond donors (Lipinski definition) is 2. The van der Waals surface area contributed by atoms with Gasteiger partial charge in [0.05, 0.1) is 16.9 Å². The average Bonchev–Trinajstić information content (AvgIpc) is 3.51. The normalized spacial score (nSPS) is 19.6. The number of rotatable bonds is 5. The molecule has 0 unspecified atom stereocenters. The highest BCUT2D eigenvalue weighted by molar-refractivity contribution is 6.31. The van der Waals surface area contributed by atoms with E-state index in [-0.39, 0.29) is 30.7 Å². The van der Waals surface area contributed by atoms with Gasteiger partial charge < -0.3 is 25.6 Å². The third-order valence-electron chi connectivity index (χ3n) is 5.75.